The van der Waals surface area contributed by atoms with Gasteiger partial charge in [0.05, 0.1) is 17.3 Å². The van der Waals surface area contributed by atoms with Gasteiger partial charge in [-0.25, -0.2) is 0 Å². The summed E-state index contributed by atoms with van der Waals surface area (Å²) in [5, 5.41) is 2.70. The zero-order chi connectivity index (χ0) is 13.8. The summed E-state index contributed by atoms with van der Waals surface area (Å²) in [4.78, 5) is 27.9. The van der Waals surface area contributed by atoms with Gasteiger partial charge in [-0.3, -0.25) is 14.5 Å². The van der Waals surface area contributed by atoms with Crippen LogP contribution >= 0.6 is 11.3 Å². The summed E-state index contributed by atoms with van der Waals surface area (Å²) in [5.74, 6) is 0.274. The molecule has 1 atom stereocenters. The first-order chi connectivity index (χ1) is 9.10. The highest BCUT2D eigenvalue weighted by atomic mass is 32.1. The van der Waals surface area contributed by atoms with Crippen LogP contribution in [0.3, 0.4) is 0 Å². The van der Waals surface area contributed by atoms with Crippen LogP contribution in [0.25, 0.3) is 0 Å². The Morgan fingerprint density at radius 1 is 1.47 bits per heavy atom. The molecule has 0 aliphatic carbocycles. The quantitative estimate of drug-likeness (QED) is 0.854. The summed E-state index contributed by atoms with van der Waals surface area (Å²) in [6, 6.07) is 3.87. The number of rotatable bonds is 4. The Morgan fingerprint density at radius 2 is 2.26 bits per heavy atom. The van der Waals surface area contributed by atoms with Gasteiger partial charge in [0.15, 0.2) is 5.78 Å². The predicted molar refractivity (Wildman–Crippen MR) is 76.6 cm³/mol. The van der Waals surface area contributed by atoms with E-state index in [1.165, 1.54) is 0 Å². The van der Waals surface area contributed by atoms with E-state index in [1.807, 2.05) is 19.1 Å². The van der Waals surface area contributed by atoms with Gasteiger partial charge in [-0.2, -0.15) is 0 Å². The highest BCUT2D eigenvalue weighted by molar-refractivity contribution is 7.14. The lowest BCUT2D eigenvalue weighted by Gasteiger charge is -2.31. The maximum Gasteiger partial charge on any atom is 0.224 e. The number of thiophene rings is 1. The lowest BCUT2D eigenvalue weighted by molar-refractivity contribution is -0.126. The van der Waals surface area contributed by atoms with Crippen LogP contribution in [0, 0.1) is 12.8 Å². The van der Waals surface area contributed by atoms with Gasteiger partial charge in [0.1, 0.15) is 0 Å². The molecular weight excluding hydrogens is 260 g/mol. The number of Topliss-reactive ketones (excluding diaryl/α,β-unsaturated/α-hetero) is 1. The van der Waals surface area contributed by atoms with Crippen LogP contribution in [0.1, 0.15) is 27.4 Å². The second-order valence-corrected chi connectivity index (χ2v) is 6.31. The lowest BCUT2D eigenvalue weighted by Crippen LogP contribution is -2.43. The van der Waals surface area contributed by atoms with Gasteiger partial charge in [-0.1, -0.05) is 0 Å². The van der Waals surface area contributed by atoms with Gasteiger partial charge in [0.25, 0.3) is 0 Å². The molecule has 0 aromatic carbocycles. The lowest BCUT2D eigenvalue weighted by atomic mass is 9.97. The summed E-state index contributed by atoms with van der Waals surface area (Å²) in [6.45, 7) is 4.02. The predicted octanol–water partition coefficient (Wildman–Crippen LogP) is 1.70. The molecule has 0 bridgehead atoms. The molecule has 5 heteroatoms. The number of carbonyl (C=O) groups excluding carboxylic acids is 2. The largest absolute Gasteiger partial charge is 0.359 e. The van der Waals surface area contributed by atoms with Crippen molar-refractivity contribution < 1.29 is 9.59 Å². The molecule has 4 nitrogen and oxygen atoms in total. The highest BCUT2D eigenvalue weighted by Gasteiger charge is 2.26. The number of aryl methyl sites for hydroxylation is 1. The standard InChI is InChI=1S/C14H20N2O2S/c1-10-5-6-13(19-10)12(17)9-16-7-3-4-11(8-16)14(18)15-2/h5-6,11H,3-4,7-9H2,1-2H3,(H,15,18). The number of hydrogen-bond donors (Lipinski definition) is 1. The van der Waals surface area contributed by atoms with Crippen LogP contribution in [0.5, 0.6) is 0 Å². The first kappa shape index (κ1) is 14.2. The molecule has 1 aromatic heterocycles. The minimum absolute atomic E-state index is 0.0246. The van der Waals surface area contributed by atoms with Gasteiger partial charge in [0, 0.05) is 18.5 Å². The molecule has 2 heterocycles. The van der Waals surface area contributed by atoms with E-state index < -0.39 is 0 Å². The third-order valence-corrected chi connectivity index (χ3v) is 4.55. The zero-order valence-corrected chi connectivity index (χ0v) is 12.3. The van der Waals surface area contributed by atoms with Crippen LogP contribution in [-0.2, 0) is 4.79 Å². The molecule has 0 radical (unpaired) electrons. The first-order valence-corrected chi connectivity index (χ1v) is 7.45. The Kier molecular flexibility index (Phi) is 4.71. The fourth-order valence-electron chi connectivity index (χ4n) is 2.48. The van der Waals surface area contributed by atoms with Crippen molar-refractivity contribution >= 4 is 23.0 Å². The molecule has 1 aromatic rings. The Morgan fingerprint density at radius 3 is 2.89 bits per heavy atom. The molecule has 2 rings (SSSR count). The zero-order valence-electron chi connectivity index (χ0n) is 11.4. The molecule has 1 aliphatic rings. The van der Waals surface area contributed by atoms with E-state index >= 15 is 0 Å². The SMILES string of the molecule is CNC(=O)C1CCCN(CC(=O)c2ccc(C)s2)C1. The van der Waals surface area contributed by atoms with Gasteiger partial charge in [-0.15, -0.1) is 11.3 Å². The molecule has 1 saturated heterocycles. The molecule has 104 valence electrons. The van der Waals surface area contributed by atoms with E-state index in [0.717, 1.165) is 29.1 Å². The van der Waals surface area contributed by atoms with Crippen molar-refractivity contribution in [3.8, 4) is 0 Å². The number of carbonyl (C=O) groups is 2. The molecule has 0 saturated carbocycles. The summed E-state index contributed by atoms with van der Waals surface area (Å²) in [5.41, 5.74) is 0. The fraction of sp³-hybridized carbons (Fsp3) is 0.571. The van der Waals surface area contributed by atoms with Crippen molar-refractivity contribution in [1.29, 1.82) is 0 Å². The molecule has 1 aliphatic heterocycles. The van der Waals surface area contributed by atoms with E-state index in [1.54, 1.807) is 18.4 Å². The average molecular weight is 280 g/mol. The number of amides is 1. The Bertz CT molecular complexity index is 470. The number of hydrogen-bond acceptors (Lipinski definition) is 4. The Hall–Kier alpha value is -1.20. The van der Waals surface area contributed by atoms with Crippen LogP contribution in [0.2, 0.25) is 0 Å². The van der Waals surface area contributed by atoms with Gasteiger partial charge >= 0.3 is 0 Å². The molecule has 1 amide bonds. The van der Waals surface area contributed by atoms with Crippen molar-refractivity contribution in [3.63, 3.8) is 0 Å². The van der Waals surface area contributed by atoms with Gasteiger partial charge < -0.3 is 5.32 Å². The highest BCUT2D eigenvalue weighted by Crippen LogP contribution is 2.19. The smallest absolute Gasteiger partial charge is 0.224 e. The van der Waals surface area contributed by atoms with Crippen molar-refractivity contribution in [2.24, 2.45) is 5.92 Å². The van der Waals surface area contributed by atoms with Crippen LogP contribution in [0.4, 0.5) is 0 Å². The second kappa shape index (κ2) is 6.30. The van der Waals surface area contributed by atoms with E-state index in [2.05, 4.69) is 10.2 Å². The van der Waals surface area contributed by atoms with E-state index in [-0.39, 0.29) is 17.6 Å². The third kappa shape index (κ3) is 3.64. The molecule has 19 heavy (non-hydrogen) atoms. The topological polar surface area (TPSA) is 49.4 Å². The Labute approximate surface area is 117 Å². The number of nitrogens with zero attached hydrogens (tertiary/aromatic N) is 1. The average Bonchev–Trinajstić information content (AvgIpc) is 2.85. The minimum atomic E-state index is 0.0246. The van der Waals surface area contributed by atoms with Crippen LogP contribution in [-0.4, -0.2) is 43.3 Å². The van der Waals surface area contributed by atoms with Crippen molar-refractivity contribution in [1.82, 2.24) is 10.2 Å². The number of nitrogens with one attached hydrogen (secondary N) is 1. The molecular formula is C14H20N2O2S. The molecule has 1 fully saturated rings. The maximum atomic E-state index is 12.1. The number of piperidine rings is 1. The molecule has 1 unspecified atom stereocenters. The summed E-state index contributed by atoms with van der Waals surface area (Å²) >= 11 is 1.54. The monoisotopic (exact) mass is 280 g/mol. The third-order valence-electron chi connectivity index (χ3n) is 3.51. The summed E-state index contributed by atoms with van der Waals surface area (Å²) in [7, 11) is 1.67. The summed E-state index contributed by atoms with van der Waals surface area (Å²) in [6.07, 6.45) is 1.90. The van der Waals surface area contributed by atoms with Gasteiger partial charge in [-0.05, 0) is 38.4 Å². The fourth-order valence-corrected chi connectivity index (χ4v) is 3.28. The van der Waals surface area contributed by atoms with Crippen LogP contribution in [0.15, 0.2) is 12.1 Å². The molecule has 0 spiro atoms. The minimum Gasteiger partial charge on any atom is -0.359 e. The molecule has 1 N–H and O–H groups in total. The summed E-state index contributed by atoms with van der Waals surface area (Å²) < 4.78 is 0. The normalized spacial score (nSPS) is 20.2. The number of likely N-dealkylation sites (tertiary alicyclic amines) is 1. The Balaban J connectivity index is 1.92. The van der Waals surface area contributed by atoms with E-state index in [4.69, 9.17) is 0 Å². The van der Waals surface area contributed by atoms with E-state index in [0.29, 0.717) is 13.1 Å². The van der Waals surface area contributed by atoms with Crippen molar-refractivity contribution in [3.05, 3.63) is 21.9 Å². The second-order valence-electron chi connectivity index (χ2n) is 5.02. The van der Waals surface area contributed by atoms with Crippen molar-refractivity contribution in [2.45, 2.75) is 19.8 Å². The van der Waals surface area contributed by atoms with E-state index in [9.17, 15) is 9.59 Å². The van der Waals surface area contributed by atoms with Gasteiger partial charge in [0.2, 0.25) is 5.91 Å². The maximum absolute atomic E-state index is 12.1. The first-order valence-electron chi connectivity index (χ1n) is 6.63. The van der Waals surface area contributed by atoms with Crippen LogP contribution < -0.4 is 5.32 Å². The number of ketones is 1. The van der Waals surface area contributed by atoms with Crippen molar-refractivity contribution in [2.75, 3.05) is 26.7 Å².